The number of rotatable bonds is 6. The molecule has 0 radical (unpaired) electrons. The predicted molar refractivity (Wildman–Crippen MR) is 121 cm³/mol. The number of amides is 2. The molecule has 3 saturated carbocycles. The van der Waals surface area contributed by atoms with Crippen LogP contribution in [0, 0.1) is 41.4 Å². The molecule has 5 aliphatic carbocycles. The summed E-state index contributed by atoms with van der Waals surface area (Å²) >= 11 is 0. The fraction of sp³-hybridized carbons (Fsp3) is 0.556. The molecular weight excluding hydrogens is 434 g/mol. The summed E-state index contributed by atoms with van der Waals surface area (Å²) in [5, 5.41) is 0. The Morgan fingerprint density at radius 3 is 2.24 bits per heavy atom. The highest BCUT2D eigenvalue weighted by Gasteiger charge is 2.67. The molecule has 0 aromatic heterocycles. The number of carbonyl (C=O) groups excluding carboxylic acids is 4. The van der Waals surface area contributed by atoms with Gasteiger partial charge in [-0.25, -0.2) is 0 Å². The number of ketones is 1. The molecule has 2 bridgehead atoms. The number of imide groups is 1. The van der Waals surface area contributed by atoms with Gasteiger partial charge in [-0.3, -0.25) is 24.1 Å². The van der Waals surface area contributed by atoms with E-state index in [-0.39, 0.29) is 65.8 Å². The van der Waals surface area contributed by atoms with Gasteiger partial charge in [-0.1, -0.05) is 24.3 Å². The molecular formula is C27H29NO6. The first kappa shape index (κ1) is 21.6. The van der Waals surface area contributed by atoms with Crippen LogP contribution < -0.4 is 4.74 Å². The average Bonchev–Trinajstić information content (AvgIpc) is 3.65. The van der Waals surface area contributed by atoms with Crippen molar-refractivity contribution < 1.29 is 28.7 Å². The van der Waals surface area contributed by atoms with E-state index in [0.717, 1.165) is 6.42 Å². The van der Waals surface area contributed by atoms with Crippen LogP contribution in [0.15, 0.2) is 36.4 Å². The number of carbonyl (C=O) groups is 4. The maximum Gasteiger partial charge on any atom is 0.309 e. The largest absolute Gasteiger partial charge is 0.497 e. The average molecular weight is 464 g/mol. The number of likely N-dealkylation sites (tertiary alicyclic amines) is 1. The Morgan fingerprint density at radius 2 is 1.62 bits per heavy atom. The number of benzene rings is 1. The lowest BCUT2D eigenvalue weighted by Gasteiger charge is -2.37. The second kappa shape index (κ2) is 8.07. The molecule has 0 spiro atoms. The summed E-state index contributed by atoms with van der Waals surface area (Å²) in [6, 6.07) is 6.61. The van der Waals surface area contributed by atoms with E-state index >= 15 is 0 Å². The van der Waals surface area contributed by atoms with Crippen LogP contribution in [-0.4, -0.2) is 48.2 Å². The van der Waals surface area contributed by atoms with E-state index in [1.54, 1.807) is 29.2 Å². The van der Waals surface area contributed by atoms with Crippen LogP contribution >= 0.6 is 0 Å². The molecule has 1 heterocycles. The first-order chi connectivity index (χ1) is 16.5. The van der Waals surface area contributed by atoms with Gasteiger partial charge in [-0.2, -0.15) is 0 Å². The molecule has 4 fully saturated rings. The minimum atomic E-state index is -0.384. The molecule has 1 aromatic rings. The number of Topliss-reactive ketones (excluding diaryl/α,β-unsaturated/α-hetero) is 1. The van der Waals surface area contributed by atoms with Crippen molar-refractivity contribution in [3.05, 3.63) is 42.0 Å². The third-order valence-corrected chi connectivity index (χ3v) is 8.83. The van der Waals surface area contributed by atoms with Crippen molar-refractivity contribution in [2.45, 2.75) is 38.1 Å². The summed E-state index contributed by atoms with van der Waals surface area (Å²) in [5.41, 5.74) is 0.435. The fourth-order valence-electron chi connectivity index (χ4n) is 7.04. The van der Waals surface area contributed by atoms with E-state index < -0.39 is 0 Å². The minimum absolute atomic E-state index is 0.00890. The first-order valence-electron chi connectivity index (χ1n) is 12.4. The van der Waals surface area contributed by atoms with Crippen LogP contribution in [0.2, 0.25) is 0 Å². The number of allylic oxidation sites excluding steroid dienone is 2. The monoisotopic (exact) mass is 463 g/mol. The lowest BCUT2D eigenvalue weighted by atomic mass is 9.63. The van der Waals surface area contributed by atoms with E-state index in [4.69, 9.17) is 9.47 Å². The highest BCUT2D eigenvalue weighted by molar-refractivity contribution is 6.06. The molecule has 178 valence electrons. The van der Waals surface area contributed by atoms with Crippen molar-refractivity contribution in [3.8, 4) is 5.75 Å². The van der Waals surface area contributed by atoms with Crippen LogP contribution in [-0.2, 0) is 19.1 Å². The summed E-state index contributed by atoms with van der Waals surface area (Å²) < 4.78 is 10.5. The fourth-order valence-corrected chi connectivity index (χ4v) is 7.04. The summed E-state index contributed by atoms with van der Waals surface area (Å²) in [7, 11) is 1.53. The van der Waals surface area contributed by atoms with Gasteiger partial charge in [0.05, 0.1) is 24.9 Å². The molecule has 34 heavy (non-hydrogen) atoms. The van der Waals surface area contributed by atoms with E-state index in [1.807, 2.05) is 0 Å². The Morgan fingerprint density at radius 1 is 0.971 bits per heavy atom. The van der Waals surface area contributed by atoms with Gasteiger partial charge >= 0.3 is 5.97 Å². The van der Waals surface area contributed by atoms with Gasteiger partial charge in [0.2, 0.25) is 11.8 Å². The van der Waals surface area contributed by atoms with E-state index in [0.29, 0.717) is 48.8 Å². The molecule has 1 aromatic carbocycles. The Labute approximate surface area is 198 Å². The summed E-state index contributed by atoms with van der Waals surface area (Å²) in [6.45, 7) is -0.309. The van der Waals surface area contributed by atoms with Crippen molar-refractivity contribution in [3.63, 3.8) is 0 Å². The highest BCUT2D eigenvalue weighted by atomic mass is 16.5. The topological polar surface area (TPSA) is 90.0 Å². The van der Waals surface area contributed by atoms with Crippen LogP contribution in [0.3, 0.4) is 0 Å². The number of hydrogen-bond acceptors (Lipinski definition) is 6. The van der Waals surface area contributed by atoms with Gasteiger partial charge < -0.3 is 9.47 Å². The van der Waals surface area contributed by atoms with Crippen molar-refractivity contribution in [2.75, 3.05) is 13.7 Å². The van der Waals surface area contributed by atoms with Crippen molar-refractivity contribution in [1.82, 2.24) is 4.90 Å². The third kappa shape index (κ3) is 3.31. The van der Waals surface area contributed by atoms with Gasteiger partial charge in [-0.15, -0.1) is 0 Å². The molecule has 1 aliphatic heterocycles. The number of methoxy groups -OCH3 is 1. The molecule has 7 rings (SSSR count). The molecule has 7 nitrogen and oxygen atoms in total. The van der Waals surface area contributed by atoms with Crippen LogP contribution in [0.5, 0.6) is 5.75 Å². The first-order valence-corrected chi connectivity index (χ1v) is 12.4. The highest BCUT2D eigenvalue weighted by Crippen LogP contribution is 2.65. The van der Waals surface area contributed by atoms with Gasteiger partial charge in [0.1, 0.15) is 5.75 Å². The molecule has 7 heteroatoms. The van der Waals surface area contributed by atoms with Gasteiger partial charge in [0, 0.05) is 11.6 Å². The molecule has 2 amide bonds. The molecule has 1 saturated heterocycles. The number of esters is 1. The minimum Gasteiger partial charge on any atom is -0.497 e. The smallest absolute Gasteiger partial charge is 0.309 e. The lowest BCUT2D eigenvalue weighted by molar-refractivity contribution is -0.149. The van der Waals surface area contributed by atoms with Gasteiger partial charge in [0.25, 0.3) is 0 Å². The second-order valence-corrected chi connectivity index (χ2v) is 10.5. The van der Waals surface area contributed by atoms with Crippen molar-refractivity contribution >= 4 is 23.6 Å². The Hall–Kier alpha value is -2.96. The van der Waals surface area contributed by atoms with Crippen LogP contribution in [0.4, 0.5) is 0 Å². The Balaban J connectivity index is 1.04. The molecule has 0 unspecified atom stereocenters. The summed E-state index contributed by atoms with van der Waals surface area (Å²) in [6.07, 6.45) is 7.86. The Bertz CT molecular complexity index is 1050. The van der Waals surface area contributed by atoms with Crippen LogP contribution in [0.1, 0.15) is 42.5 Å². The zero-order valence-corrected chi connectivity index (χ0v) is 19.2. The lowest BCUT2D eigenvalue weighted by Crippen LogP contribution is -2.44. The second-order valence-electron chi connectivity index (χ2n) is 10.5. The SMILES string of the molecule is COc1cccc(C(=O)COC(=O)C2CCC(N3C(=O)[C@@H]4[C@H]5C=C[C@H]([C@H]6C[C@H]56)[C@@H]4C3=O)CC2)c1. The van der Waals surface area contributed by atoms with Crippen molar-refractivity contribution in [2.24, 2.45) is 41.4 Å². The zero-order valence-electron chi connectivity index (χ0n) is 19.2. The quantitative estimate of drug-likeness (QED) is 0.279. The van der Waals surface area contributed by atoms with Gasteiger partial charge in [-0.05, 0) is 67.9 Å². The number of hydrogen-bond donors (Lipinski definition) is 0. The van der Waals surface area contributed by atoms with E-state index in [1.165, 1.54) is 7.11 Å². The third-order valence-electron chi connectivity index (χ3n) is 8.83. The predicted octanol–water partition coefficient (Wildman–Crippen LogP) is 3.03. The van der Waals surface area contributed by atoms with E-state index in [9.17, 15) is 19.2 Å². The van der Waals surface area contributed by atoms with E-state index in [2.05, 4.69) is 12.2 Å². The zero-order chi connectivity index (χ0) is 23.6. The maximum absolute atomic E-state index is 13.3. The standard InChI is InChI=1S/C27H29NO6/c1-33-17-4-2-3-15(11-17)22(29)13-34-27(32)14-5-7-16(8-6-14)28-25(30)23-18-9-10-19(21-12-20(18)21)24(23)26(28)31/h2-4,9-11,14,16,18-21,23-24H,5-8,12-13H2,1H3/t14?,16?,18-,19+,20-,21-,23+,24-/m1/s1. The van der Waals surface area contributed by atoms with Crippen LogP contribution in [0.25, 0.3) is 0 Å². The van der Waals surface area contributed by atoms with Gasteiger partial charge in [0.15, 0.2) is 12.4 Å². The number of nitrogens with zero attached hydrogens (tertiary/aromatic N) is 1. The Kier molecular flexibility index (Phi) is 5.12. The summed E-state index contributed by atoms with van der Waals surface area (Å²) in [5.74, 6) is 0.929. The normalized spacial score (nSPS) is 37.3. The summed E-state index contributed by atoms with van der Waals surface area (Å²) in [4.78, 5) is 53.2. The molecule has 6 atom stereocenters. The maximum atomic E-state index is 13.3. The molecule has 6 aliphatic rings. The number of ether oxygens (including phenoxy) is 2. The molecule has 0 N–H and O–H groups in total. The van der Waals surface area contributed by atoms with Crippen molar-refractivity contribution in [1.29, 1.82) is 0 Å².